The average molecular weight is 302 g/mol. The highest BCUT2D eigenvalue weighted by Crippen LogP contribution is 2.46. The number of likely N-dealkylation sites (N-methyl/N-ethyl adjacent to an activating group) is 1. The van der Waals surface area contributed by atoms with E-state index < -0.39 is 0 Å². The first-order chi connectivity index (χ1) is 11.2. The van der Waals surface area contributed by atoms with Crippen LogP contribution >= 0.6 is 0 Å². The third kappa shape index (κ3) is 2.08. The van der Waals surface area contributed by atoms with E-state index in [1.807, 2.05) is 49.3 Å². The number of carbonyl (C=O) groups excluding carboxylic acids is 1. The minimum absolute atomic E-state index is 0.131. The lowest BCUT2D eigenvalue weighted by molar-refractivity contribution is -0.114. The molecule has 0 amide bonds. The molecule has 0 bridgehead atoms. The number of ketones is 1. The molecule has 0 N–H and O–H groups in total. The van der Waals surface area contributed by atoms with Gasteiger partial charge in [0, 0.05) is 42.8 Å². The molecule has 4 rings (SSSR count). The summed E-state index contributed by atoms with van der Waals surface area (Å²) in [6.07, 6.45) is 3.88. The van der Waals surface area contributed by atoms with E-state index in [4.69, 9.17) is 0 Å². The maximum Gasteiger partial charge on any atom is 0.185 e. The number of nitrogens with zero attached hydrogens (tertiary/aromatic N) is 2. The van der Waals surface area contributed by atoms with Gasteiger partial charge in [-0.15, -0.1) is 0 Å². The van der Waals surface area contributed by atoms with E-state index in [0.717, 1.165) is 28.2 Å². The van der Waals surface area contributed by atoms with Crippen LogP contribution in [0.15, 0.2) is 72.4 Å². The van der Waals surface area contributed by atoms with Crippen LogP contribution in [0.2, 0.25) is 0 Å². The predicted octanol–water partition coefficient (Wildman–Crippen LogP) is 3.62. The van der Waals surface area contributed by atoms with Crippen molar-refractivity contribution >= 4 is 22.7 Å². The van der Waals surface area contributed by atoms with Gasteiger partial charge < -0.3 is 9.80 Å². The molecule has 0 saturated carbocycles. The lowest BCUT2D eigenvalue weighted by Crippen LogP contribution is -2.36. The minimum atomic E-state index is -0.265. The summed E-state index contributed by atoms with van der Waals surface area (Å²) in [6.45, 7) is 0. The summed E-state index contributed by atoms with van der Waals surface area (Å²) >= 11 is 0. The number of benzene rings is 2. The van der Waals surface area contributed by atoms with E-state index in [-0.39, 0.29) is 11.8 Å². The van der Waals surface area contributed by atoms with Gasteiger partial charge in [-0.05, 0) is 29.8 Å². The van der Waals surface area contributed by atoms with Gasteiger partial charge in [-0.1, -0.05) is 36.4 Å². The molecule has 1 aliphatic heterocycles. The Morgan fingerprint density at radius 2 is 1.61 bits per heavy atom. The first kappa shape index (κ1) is 13.8. The zero-order valence-electron chi connectivity index (χ0n) is 13.2. The van der Waals surface area contributed by atoms with Gasteiger partial charge in [0.15, 0.2) is 5.78 Å². The predicted molar refractivity (Wildman–Crippen MR) is 93.6 cm³/mol. The fraction of sp³-hybridized carbons (Fsp3) is 0.150. The molecule has 3 heteroatoms. The molecule has 1 unspecified atom stereocenters. The van der Waals surface area contributed by atoms with Crippen LogP contribution in [0.5, 0.6) is 0 Å². The van der Waals surface area contributed by atoms with Gasteiger partial charge in [0.05, 0.1) is 0 Å². The number of carbonyl (C=O) groups is 1. The zero-order chi connectivity index (χ0) is 16.0. The molecule has 2 aromatic carbocycles. The lowest BCUT2D eigenvalue weighted by Gasteiger charge is -2.29. The molecule has 3 nitrogen and oxygen atoms in total. The Kier molecular flexibility index (Phi) is 3.08. The number of rotatable bonds is 2. The molecular formula is C20H18N2O. The Morgan fingerprint density at radius 3 is 2.35 bits per heavy atom. The summed E-state index contributed by atoms with van der Waals surface area (Å²) in [5.41, 5.74) is 5.31. The fourth-order valence-corrected chi connectivity index (χ4v) is 3.35. The number of allylic oxidation sites excluding steroid dienone is 1. The molecule has 2 aromatic rings. The number of hydrogen-bond donors (Lipinski definition) is 0. The highest BCUT2D eigenvalue weighted by Gasteiger charge is 2.40. The highest BCUT2D eigenvalue weighted by atomic mass is 16.1. The normalized spacial score (nSPS) is 19.0. The van der Waals surface area contributed by atoms with Gasteiger partial charge in [0.2, 0.25) is 0 Å². The van der Waals surface area contributed by atoms with Crippen molar-refractivity contribution in [3.05, 3.63) is 78.0 Å². The van der Waals surface area contributed by atoms with E-state index in [9.17, 15) is 4.79 Å². The molecule has 1 heterocycles. The van der Waals surface area contributed by atoms with Crippen LogP contribution in [0.4, 0.5) is 11.4 Å². The molecule has 1 aliphatic carbocycles. The van der Waals surface area contributed by atoms with E-state index in [1.54, 1.807) is 6.08 Å². The molecule has 2 aliphatic rings. The van der Waals surface area contributed by atoms with Gasteiger partial charge in [0.1, 0.15) is 6.04 Å². The Labute approximate surface area is 136 Å². The summed E-state index contributed by atoms with van der Waals surface area (Å²) in [5, 5.41) is 0. The van der Waals surface area contributed by atoms with E-state index >= 15 is 0 Å². The van der Waals surface area contributed by atoms with Crippen LogP contribution in [0.1, 0.15) is 5.56 Å². The van der Waals surface area contributed by atoms with Crippen molar-refractivity contribution in [3.63, 3.8) is 0 Å². The van der Waals surface area contributed by atoms with Crippen LogP contribution in [-0.2, 0) is 4.79 Å². The maximum absolute atomic E-state index is 12.9. The molecule has 0 fully saturated rings. The Hall–Kier alpha value is -2.81. The molecule has 23 heavy (non-hydrogen) atoms. The van der Waals surface area contributed by atoms with Gasteiger partial charge in [-0.25, -0.2) is 0 Å². The quantitative estimate of drug-likeness (QED) is 0.846. The van der Waals surface area contributed by atoms with E-state index in [0.29, 0.717) is 0 Å². The summed E-state index contributed by atoms with van der Waals surface area (Å²) in [6, 6.07) is 18.1. The summed E-state index contributed by atoms with van der Waals surface area (Å²) in [7, 11) is 3.93. The topological polar surface area (TPSA) is 23.6 Å². The Morgan fingerprint density at radius 1 is 0.913 bits per heavy atom. The second-order valence-corrected chi connectivity index (χ2v) is 6.09. The molecular weight excluding hydrogens is 284 g/mol. The second-order valence-electron chi connectivity index (χ2n) is 6.09. The molecule has 0 saturated heterocycles. The van der Waals surface area contributed by atoms with Gasteiger partial charge in [-0.2, -0.15) is 0 Å². The van der Waals surface area contributed by atoms with Crippen molar-refractivity contribution in [2.24, 2.45) is 0 Å². The lowest BCUT2D eigenvalue weighted by atomic mass is 9.93. The largest absolute Gasteiger partial charge is 0.378 e. The van der Waals surface area contributed by atoms with Crippen molar-refractivity contribution in [3.8, 4) is 0 Å². The molecule has 0 spiro atoms. The van der Waals surface area contributed by atoms with Crippen molar-refractivity contribution in [2.75, 3.05) is 19.0 Å². The molecule has 0 radical (unpaired) electrons. The number of anilines is 2. The zero-order valence-corrected chi connectivity index (χ0v) is 13.2. The minimum Gasteiger partial charge on any atom is -0.378 e. The fourth-order valence-electron chi connectivity index (χ4n) is 3.35. The number of fused-ring (bicyclic) bond motifs is 3. The van der Waals surface area contributed by atoms with Crippen LogP contribution in [0.25, 0.3) is 5.57 Å². The number of para-hydroxylation sites is 2. The standard InChI is InChI=1S/C20H18N2O/c1-21(2)15-12-17-16-10-6-7-11-18(16)22(20(17)19(23)13-15)14-8-4-3-5-9-14/h3-13,20H,1-2H3. The smallest absolute Gasteiger partial charge is 0.185 e. The van der Waals surface area contributed by atoms with Crippen molar-refractivity contribution in [1.82, 2.24) is 4.90 Å². The van der Waals surface area contributed by atoms with Crippen molar-refractivity contribution < 1.29 is 4.79 Å². The van der Waals surface area contributed by atoms with Crippen molar-refractivity contribution in [1.29, 1.82) is 0 Å². The van der Waals surface area contributed by atoms with E-state index in [2.05, 4.69) is 35.2 Å². The molecule has 114 valence electrons. The summed E-state index contributed by atoms with van der Waals surface area (Å²) < 4.78 is 0. The van der Waals surface area contributed by atoms with Crippen LogP contribution < -0.4 is 4.90 Å². The van der Waals surface area contributed by atoms with Gasteiger partial charge >= 0.3 is 0 Å². The summed E-state index contributed by atoms with van der Waals surface area (Å²) in [5.74, 6) is 0.131. The van der Waals surface area contributed by atoms with Crippen molar-refractivity contribution in [2.45, 2.75) is 6.04 Å². The SMILES string of the molecule is CN(C)C1=CC(=O)C2C(=C1)c1ccccc1N2c1ccccc1. The molecule has 0 aromatic heterocycles. The van der Waals surface area contributed by atoms with Crippen LogP contribution in [0.3, 0.4) is 0 Å². The summed E-state index contributed by atoms with van der Waals surface area (Å²) in [4.78, 5) is 17.0. The van der Waals surface area contributed by atoms with E-state index in [1.165, 1.54) is 0 Å². The number of hydrogen-bond acceptors (Lipinski definition) is 3. The third-order valence-corrected chi connectivity index (χ3v) is 4.44. The Bertz CT molecular complexity index is 834. The van der Waals surface area contributed by atoms with Gasteiger partial charge in [-0.3, -0.25) is 4.79 Å². The first-order valence-corrected chi connectivity index (χ1v) is 7.75. The van der Waals surface area contributed by atoms with Gasteiger partial charge in [0.25, 0.3) is 0 Å². The Balaban J connectivity index is 1.92. The third-order valence-electron chi connectivity index (χ3n) is 4.44. The second kappa shape index (κ2) is 5.13. The maximum atomic E-state index is 12.9. The monoisotopic (exact) mass is 302 g/mol. The average Bonchev–Trinajstić information content (AvgIpc) is 2.91. The highest BCUT2D eigenvalue weighted by molar-refractivity contribution is 6.14. The first-order valence-electron chi connectivity index (χ1n) is 7.75. The van der Waals surface area contributed by atoms with Crippen LogP contribution in [0, 0.1) is 0 Å². The van der Waals surface area contributed by atoms with Crippen LogP contribution in [-0.4, -0.2) is 30.8 Å². The molecule has 1 atom stereocenters.